The molecule has 3 aromatic carbocycles. The van der Waals surface area contributed by atoms with Crippen LogP contribution < -0.4 is 10.1 Å². The first-order valence-electron chi connectivity index (χ1n) is 10.6. The van der Waals surface area contributed by atoms with Gasteiger partial charge in [-0.15, -0.1) is 0 Å². The number of amides is 2. The highest BCUT2D eigenvalue weighted by atomic mass is 79.9. The number of nitrogens with zero attached hydrogens (tertiary/aromatic N) is 1. The Hall–Kier alpha value is -3.52. The quantitative estimate of drug-likeness (QED) is 0.367. The summed E-state index contributed by atoms with van der Waals surface area (Å²) in [4.78, 5) is 38.9. The molecular weight excluding hydrogens is 503 g/mol. The van der Waals surface area contributed by atoms with Crippen LogP contribution in [0, 0.1) is 5.82 Å². The van der Waals surface area contributed by atoms with Crippen LogP contribution in [0.5, 0.6) is 5.75 Å². The van der Waals surface area contributed by atoms with Crippen LogP contribution in [-0.4, -0.2) is 36.2 Å². The third-order valence-electron chi connectivity index (χ3n) is 4.98. The number of carbonyl (C=O) groups excluding carboxylic acids is 3. The van der Waals surface area contributed by atoms with Gasteiger partial charge in [-0.3, -0.25) is 14.4 Å². The first-order chi connectivity index (χ1) is 16.3. The summed E-state index contributed by atoms with van der Waals surface area (Å²) in [5, 5.41) is 2.68. The van der Waals surface area contributed by atoms with E-state index in [0.29, 0.717) is 12.2 Å². The first kappa shape index (κ1) is 25.1. The zero-order valence-corrected chi connectivity index (χ0v) is 20.2. The number of nitrogens with one attached hydrogen (secondary N) is 1. The Morgan fingerprint density at radius 1 is 0.971 bits per heavy atom. The fraction of sp³-hybridized carbons (Fsp3) is 0.192. The molecule has 0 heterocycles. The Balaban J connectivity index is 1.56. The van der Waals surface area contributed by atoms with Crippen molar-refractivity contribution in [1.82, 2.24) is 4.90 Å². The second kappa shape index (κ2) is 12.1. The van der Waals surface area contributed by atoms with Crippen molar-refractivity contribution in [2.24, 2.45) is 0 Å². The van der Waals surface area contributed by atoms with E-state index in [1.54, 1.807) is 31.3 Å². The summed E-state index contributed by atoms with van der Waals surface area (Å²) < 4.78 is 20.2. The molecule has 0 saturated heterocycles. The predicted octanol–water partition coefficient (Wildman–Crippen LogP) is 5.23. The average Bonchev–Trinajstić information content (AvgIpc) is 2.83. The number of rotatable bonds is 10. The lowest BCUT2D eigenvalue weighted by Gasteiger charge is -2.17. The minimum Gasteiger partial charge on any atom is -0.483 e. The highest BCUT2D eigenvalue weighted by molar-refractivity contribution is 9.10. The number of hydrogen-bond donors (Lipinski definition) is 1. The lowest BCUT2D eigenvalue weighted by atomic mass is 10.0. The third kappa shape index (κ3) is 7.52. The Bertz CT molecular complexity index is 1150. The number of Topliss-reactive ketones (excluding diaryl/α,β-unsaturated/α-hetero) is 1. The van der Waals surface area contributed by atoms with Crippen molar-refractivity contribution in [3.63, 3.8) is 0 Å². The van der Waals surface area contributed by atoms with Crippen molar-refractivity contribution >= 4 is 39.2 Å². The van der Waals surface area contributed by atoms with Crippen molar-refractivity contribution in [2.45, 2.75) is 19.4 Å². The smallest absolute Gasteiger partial charge is 0.262 e. The number of hydrogen-bond acceptors (Lipinski definition) is 4. The van der Waals surface area contributed by atoms with E-state index in [0.717, 1.165) is 22.2 Å². The Morgan fingerprint density at radius 2 is 1.68 bits per heavy atom. The molecule has 0 aliphatic carbocycles. The molecule has 34 heavy (non-hydrogen) atoms. The van der Waals surface area contributed by atoms with Gasteiger partial charge in [0.15, 0.2) is 12.4 Å². The molecule has 0 saturated carbocycles. The van der Waals surface area contributed by atoms with E-state index < -0.39 is 17.5 Å². The number of ketones is 1. The second-order valence-corrected chi connectivity index (χ2v) is 8.56. The van der Waals surface area contributed by atoms with Crippen LogP contribution in [0.4, 0.5) is 10.1 Å². The van der Waals surface area contributed by atoms with E-state index >= 15 is 0 Å². The van der Waals surface area contributed by atoms with E-state index in [1.165, 1.54) is 11.0 Å². The summed E-state index contributed by atoms with van der Waals surface area (Å²) in [7, 11) is 1.67. The van der Waals surface area contributed by atoms with E-state index in [2.05, 4.69) is 21.2 Å². The Morgan fingerprint density at radius 3 is 2.38 bits per heavy atom. The lowest BCUT2D eigenvalue weighted by molar-refractivity contribution is -0.130. The summed E-state index contributed by atoms with van der Waals surface area (Å²) >= 11 is 3.32. The van der Waals surface area contributed by atoms with Crippen molar-refractivity contribution in [1.29, 1.82) is 0 Å². The average molecular weight is 527 g/mol. The minimum absolute atomic E-state index is 0.00467. The molecule has 3 rings (SSSR count). The topological polar surface area (TPSA) is 75.7 Å². The number of ether oxygens (including phenoxy) is 1. The molecule has 0 spiro atoms. The van der Waals surface area contributed by atoms with E-state index in [-0.39, 0.29) is 36.7 Å². The molecule has 0 unspecified atom stereocenters. The molecule has 0 atom stereocenters. The monoisotopic (exact) mass is 526 g/mol. The normalized spacial score (nSPS) is 10.4. The van der Waals surface area contributed by atoms with Gasteiger partial charge in [-0.25, -0.2) is 4.39 Å². The summed E-state index contributed by atoms with van der Waals surface area (Å²) in [6, 6.07) is 20.0. The predicted molar refractivity (Wildman–Crippen MR) is 131 cm³/mol. The van der Waals surface area contributed by atoms with E-state index in [9.17, 15) is 18.8 Å². The second-order valence-electron chi connectivity index (χ2n) is 7.64. The summed E-state index contributed by atoms with van der Waals surface area (Å²) in [6.45, 7) is 0.0659. The van der Waals surface area contributed by atoms with Gasteiger partial charge in [0.25, 0.3) is 5.91 Å². The number of anilines is 1. The zero-order chi connectivity index (χ0) is 24.5. The van der Waals surface area contributed by atoms with Gasteiger partial charge in [0, 0.05) is 36.6 Å². The maximum absolute atomic E-state index is 13.8. The van der Waals surface area contributed by atoms with Gasteiger partial charge in [-0.2, -0.15) is 0 Å². The van der Waals surface area contributed by atoms with Crippen molar-refractivity contribution in [3.8, 4) is 5.75 Å². The fourth-order valence-corrected chi connectivity index (χ4v) is 3.48. The first-order valence-corrected chi connectivity index (χ1v) is 11.4. The van der Waals surface area contributed by atoms with Gasteiger partial charge in [-0.1, -0.05) is 46.3 Å². The number of carbonyl (C=O) groups is 3. The van der Waals surface area contributed by atoms with Crippen LogP contribution >= 0.6 is 15.9 Å². The molecule has 1 N–H and O–H groups in total. The molecule has 0 aliphatic rings. The van der Waals surface area contributed by atoms with Gasteiger partial charge < -0.3 is 15.0 Å². The van der Waals surface area contributed by atoms with E-state index in [1.807, 2.05) is 30.3 Å². The van der Waals surface area contributed by atoms with Gasteiger partial charge in [0.2, 0.25) is 5.91 Å². The maximum atomic E-state index is 13.8. The Kier molecular flexibility index (Phi) is 8.93. The molecule has 0 aromatic heterocycles. The minimum atomic E-state index is -0.609. The van der Waals surface area contributed by atoms with Crippen LogP contribution in [0.25, 0.3) is 0 Å². The maximum Gasteiger partial charge on any atom is 0.262 e. The molecule has 0 fully saturated rings. The van der Waals surface area contributed by atoms with Crippen LogP contribution in [0.3, 0.4) is 0 Å². The lowest BCUT2D eigenvalue weighted by Crippen LogP contribution is -2.26. The van der Waals surface area contributed by atoms with E-state index in [4.69, 9.17) is 4.74 Å². The number of benzene rings is 3. The van der Waals surface area contributed by atoms with Gasteiger partial charge in [-0.05, 0) is 48.0 Å². The van der Waals surface area contributed by atoms with Gasteiger partial charge >= 0.3 is 0 Å². The molecule has 176 valence electrons. The molecule has 2 amide bonds. The molecule has 3 aromatic rings. The standard InChI is InChI=1S/C26H24BrFN2O4/c1-30(16-18-5-3-2-4-6-18)26(33)14-12-23(31)22-15-20(28)9-13-24(22)34-17-25(32)29-21-10-7-19(27)8-11-21/h2-11,13,15H,12,14,16-17H2,1H3,(H,29,32). The van der Waals surface area contributed by atoms with Gasteiger partial charge in [0.05, 0.1) is 5.56 Å². The SMILES string of the molecule is CN(Cc1ccccc1)C(=O)CCC(=O)c1cc(F)ccc1OCC(=O)Nc1ccc(Br)cc1. The highest BCUT2D eigenvalue weighted by Gasteiger charge is 2.18. The summed E-state index contributed by atoms with van der Waals surface area (Å²) in [5.74, 6) is -1.60. The zero-order valence-electron chi connectivity index (χ0n) is 18.6. The summed E-state index contributed by atoms with van der Waals surface area (Å²) in [5.41, 5.74) is 1.56. The van der Waals surface area contributed by atoms with Crippen molar-refractivity contribution < 1.29 is 23.5 Å². The third-order valence-corrected chi connectivity index (χ3v) is 5.51. The summed E-state index contributed by atoms with van der Waals surface area (Å²) in [6.07, 6.45) is -0.134. The molecule has 6 nitrogen and oxygen atoms in total. The molecule has 8 heteroatoms. The number of halogens is 2. The largest absolute Gasteiger partial charge is 0.483 e. The van der Waals surface area contributed by atoms with Crippen molar-refractivity contribution in [3.05, 3.63) is 94.2 Å². The van der Waals surface area contributed by atoms with Crippen LogP contribution in [0.2, 0.25) is 0 Å². The Labute approximate surface area is 205 Å². The highest BCUT2D eigenvalue weighted by Crippen LogP contribution is 2.22. The fourth-order valence-electron chi connectivity index (χ4n) is 3.21. The van der Waals surface area contributed by atoms with Crippen molar-refractivity contribution in [2.75, 3.05) is 19.0 Å². The molecular formula is C26H24BrFN2O4. The van der Waals surface area contributed by atoms with Crippen LogP contribution in [0.15, 0.2) is 77.3 Å². The molecule has 0 bridgehead atoms. The van der Waals surface area contributed by atoms with Gasteiger partial charge in [0.1, 0.15) is 11.6 Å². The van der Waals surface area contributed by atoms with Crippen LogP contribution in [0.1, 0.15) is 28.8 Å². The van der Waals surface area contributed by atoms with Crippen LogP contribution in [-0.2, 0) is 16.1 Å². The molecule has 0 aliphatic heterocycles. The molecule has 0 radical (unpaired) electrons.